The quantitative estimate of drug-likeness (QED) is 0.596. The Labute approximate surface area is 174 Å². The molecule has 1 saturated heterocycles. The summed E-state index contributed by atoms with van der Waals surface area (Å²) in [5.41, 5.74) is 2.62. The molecule has 3 heterocycles. The third kappa shape index (κ3) is 3.78. The summed E-state index contributed by atoms with van der Waals surface area (Å²) in [6.45, 7) is 1.93. The van der Waals surface area contributed by atoms with Gasteiger partial charge in [0.1, 0.15) is 5.75 Å². The lowest BCUT2D eigenvalue weighted by atomic mass is 9.92. The summed E-state index contributed by atoms with van der Waals surface area (Å²) in [5, 5.41) is 39.8. The highest BCUT2D eigenvalue weighted by molar-refractivity contribution is 5.74. The van der Waals surface area contributed by atoms with Gasteiger partial charge < -0.3 is 20.4 Å². The van der Waals surface area contributed by atoms with Gasteiger partial charge in [-0.25, -0.2) is 0 Å². The molecule has 2 aromatic heterocycles. The Morgan fingerprint density at radius 1 is 0.900 bits per heavy atom. The van der Waals surface area contributed by atoms with Crippen LogP contribution >= 0.6 is 0 Å². The minimum absolute atomic E-state index is 0.0942. The fourth-order valence-corrected chi connectivity index (χ4v) is 4.09. The monoisotopic (exact) mass is 404 g/mol. The molecule has 1 aliphatic heterocycles. The number of phenols is 1. The zero-order valence-corrected chi connectivity index (χ0v) is 16.6. The summed E-state index contributed by atoms with van der Waals surface area (Å²) in [6, 6.07) is 11.8. The van der Waals surface area contributed by atoms with Crippen molar-refractivity contribution in [2.45, 2.75) is 37.8 Å². The summed E-state index contributed by atoms with van der Waals surface area (Å²) in [4.78, 5) is 2.26. The topological polar surface area (TPSA) is 107 Å². The first-order valence-electron chi connectivity index (χ1n) is 10.4. The van der Waals surface area contributed by atoms with Crippen molar-refractivity contribution in [1.29, 1.82) is 0 Å². The number of nitrogens with one attached hydrogen (secondary N) is 1. The Morgan fingerprint density at radius 2 is 1.80 bits per heavy atom. The first-order chi connectivity index (χ1) is 14.7. The predicted octanol–water partition coefficient (Wildman–Crippen LogP) is 2.73. The summed E-state index contributed by atoms with van der Waals surface area (Å²) in [7, 11) is 0. The van der Waals surface area contributed by atoms with Crippen LogP contribution in [0.2, 0.25) is 0 Å². The maximum absolute atomic E-state index is 10.5. The van der Waals surface area contributed by atoms with Gasteiger partial charge in [-0.1, -0.05) is 12.5 Å². The van der Waals surface area contributed by atoms with Gasteiger partial charge in [-0.2, -0.15) is 5.10 Å². The Kier molecular flexibility index (Phi) is 4.92. The van der Waals surface area contributed by atoms with Gasteiger partial charge in [-0.3, -0.25) is 0 Å². The number of hydrogen-bond acceptors (Lipinski definition) is 8. The highest BCUT2D eigenvalue weighted by Gasteiger charge is 2.27. The number of phenolic OH excluding ortho intramolecular Hbond substituents is 1. The number of aromatic hydroxyl groups is 2. The number of anilines is 1. The van der Waals surface area contributed by atoms with E-state index in [4.69, 9.17) is 0 Å². The van der Waals surface area contributed by atoms with Crippen LogP contribution in [-0.2, 0) is 0 Å². The molecule has 0 bridgehead atoms. The van der Waals surface area contributed by atoms with E-state index in [9.17, 15) is 10.2 Å². The third-order valence-corrected chi connectivity index (χ3v) is 5.99. The fraction of sp³-hybridized carbons (Fsp3) is 0.364. The van der Waals surface area contributed by atoms with Crippen LogP contribution in [0.25, 0.3) is 22.4 Å². The molecular formula is C22H24N6O2. The van der Waals surface area contributed by atoms with Gasteiger partial charge in [-0.05, 0) is 49.1 Å². The summed E-state index contributed by atoms with van der Waals surface area (Å²) in [6.07, 6.45) is 6.60. The molecule has 1 aliphatic carbocycles. The van der Waals surface area contributed by atoms with Gasteiger partial charge in [0.25, 0.3) is 0 Å². The van der Waals surface area contributed by atoms with Crippen molar-refractivity contribution in [3.05, 3.63) is 42.6 Å². The second-order valence-electron chi connectivity index (χ2n) is 8.04. The van der Waals surface area contributed by atoms with Crippen molar-refractivity contribution in [3.8, 4) is 34.0 Å². The molecule has 8 heteroatoms. The van der Waals surface area contributed by atoms with Gasteiger partial charge in [0.15, 0.2) is 5.82 Å². The smallest absolute Gasteiger partial charge is 0.231 e. The lowest BCUT2D eigenvalue weighted by molar-refractivity contribution is 0.311. The van der Waals surface area contributed by atoms with Crippen LogP contribution in [0.5, 0.6) is 11.6 Å². The van der Waals surface area contributed by atoms with E-state index in [0.717, 1.165) is 30.9 Å². The standard InChI is InChI=1S/C22H24N6O2/c29-20-10-14(15-11-22(30)27-23-12-15)4-5-18(20)19-6-7-21(26-25-19)28-9-8-17(13-28)24-16-2-1-3-16/h4-7,10-12,16-17,24,29H,1-3,8-9,13H2,(H,27,30)/t17-/m1/s1. The summed E-state index contributed by atoms with van der Waals surface area (Å²) in [5.74, 6) is 0.799. The Balaban J connectivity index is 1.29. The maximum atomic E-state index is 10.5. The molecule has 0 amide bonds. The van der Waals surface area contributed by atoms with Crippen molar-refractivity contribution in [2.24, 2.45) is 0 Å². The molecule has 0 spiro atoms. The van der Waals surface area contributed by atoms with Crippen LogP contribution in [-0.4, -0.2) is 55.8 Å². The molecule has 1 saturated carbocycles. The number of nitrogens with zero attached hydrogens (tertiary/aromatic N) is 5. The van der Waals surface area contributed by atoms with Crippen LogP contribution in [0, 0.1) is 0 Å². The number of aromatic nitrogens is 4. The normalized spacial score (nSPS) is 19.1. The summed E-state index contributed by atoms with van der Waals surface area (Å²) >= 11 is 0. The van der Waals surface area contributed by atoms with E-state index >= 15 is 0 Å². The Hall–Kier alpha value is -3.26. The third-order valence-electron chi connectivity index (χ3n) is 5.99. The largest absolute Gasteiger partial charge is 0.507 e. The SMILES string of the molecule is Oc1cc(-c2ccc(-c3ccc(N4CC[C@@H](NC5CCC5)C4)nn3)c(O)c2)cnn1. The molecule has 5 rings (SSSR count). The Bertz CT molecular complexity index is 1040. The van der Waals surface area contributed by atoms with E-state index < -0.39 is 0 Å². The van der Waals surface area contributed by atoms with Gasteiger partial charge in [0, 0.05) is 42.4 Å². The molecule has 2 aliphatic rings. The molecular weight excluding hydrogens is 380 g/mol. The van der Waals surface area contributed by atoms with E-state index in [1.807, 2.05) is 18.2 Å². The van der Waals surface area contributed by atoms with Gasteiger partial charge in [0.05, 0.1) is 11.9 Å². The fourth-order valence-electron chi connectivity index (χ4n) is 4.09. The molecule has 154 valence electrons. The Morgan fingerprint density at radius 3 is 2.50 bits per heavy atom. The zero-order chi connectivity index (χ0) is 20.5. The average Bonchev–Trinajstić information content (AvgIpc) is 3.20. The lowest BCUT2D eigenvalue weighted by Gasteiger charge is -2.29. The van der Waals surface area contributed by atoms with Crippen molar-refractivity contribution in [1.82, 2.24) is 25.7 Å². The molecule has 30 heavy (non-hydrogen) atoms. The van der Waals surface area contributed by atoms with Crippen LogP contribution in [0.3, 0.4) is 0 Å². The second-order valence-corrected chi connectivity index (χ2v) is 8.04. The van der Waals surface area contributed by atoms with Crippen molar-refractivity contribution in [3.63, 3.8) is 0 Å². The number of rotatable bonds is 5. The van der Waals surface area contributed by atoms with Crippen LogP contribution < -0.4 is 10.2 Å². The van der Waals surface area contributed by atoms with E-state index in [2.05, 4.69) is 30.6 Å². The zero-order valence-electron chi connectivity index (χ0n) is 16.6. The van der Waals surface area contributed by atoms with Gasteiger partial charge in [0.2, 0.25) is 5.88 Å². The highest BCUT2D eigenvalue weighted by Crippen LogP contribution is 2.33. The number of benzene rings is 1. The second kappa shape index (κ2) is 7.87. The lowest BCUT2D eigenvalue weighted by Crippen LogP contribution is -2.43. The maximum Gasteiger partial charge on any atom is 0.231 e. The van der Waals surface area contributed by atoms with Gasteiger partial charge in [-0.15, -0.1) is 15.3 Å². The van der Waals surface area contributed by atoms with Crippen molar-refractivity contribution >= 4 is 5.82 Å². The molecule has 2 fully saturated rings. The van der Waals surface area contributed by atoms with Crippen molar-refractivity contribution in [2.75, 3.05) is 18.0 Å². The van der Waals surface area contributed by atoms with E-state index in [1.165, 1.54) is 31.5 Å². The highest BCUT2D eigenvalue weighted by atomic mass is 16.3. The first-order valence-corrected chi connectivity index (χ1v) is 10.4. The van der Waals surface area contributed by atoms with E-state index in [-0.39, 0.29) is 11.6 Å². The van der Waals surface area contributed by atoms with Crippen LogP contribution in [0.15, 0.2) is 42.6 Å². The first kappa shape index (κ1) is 18.7. The van der Waals surface area contributed by atoms with Crippen molar-refractivity contribution < 1.29 is 10.2 Å². The minimum Gasteiger partial charge on any atom is -0.507 e. The predicted molar refractivity (Wildman–Crippen MR) is 113 cm³/mol. The van der Waals surface area contributed by atoms with E-state index in [1.54, 1.807) is 12.1 Å². The molecule has 8 nitrogen and oxygen atoms in total. The molecule has 1 aromatic carbocycles. The molecule has 3 aromatic rings. The molecule has 0 unspecified atom stereocenters. The molecule has 3 N–H and O–H groups in total. The average molecular weight is 404 g/mol. The minimum atomic E-state index is -0.162. The number of hydrogen-bond donors (Lipinski definition) is 3. The van der Waals surface area contributed by atoms with Crippen LogP contribution in [0.4, 0.5) is 5.82 Å². The van der Waals surface area contributed by atoms with Crippen LogP contribution in [0.1, 0.15) is 25.7 Å². The molecule has 1 atom stereocenters. The van der Waals surface area contributed by atoms with Gasteiger partial charge >= 0.3 is 0 Å². The van der Waals surface area contributed by atoms with E-state index in [0.29, 0.717) is 28.9 Å². The molecule has 0 radical (unpaired) electrons. The summed E-state index contributed by atoms with van der Waals surface area (Å²) < 4.78 is 0.